The van der Waals surface area contributed by atoms with Gasteiger partial charge in [-0.1, -0.05) is 103 Å². The van der Waals surface area contributed by atoms with E-state index in [4.69, 9.17) is 4.74 Å². The van der Waals surface area contributed by atoms with Crippen LogP contribution in [0.1, 0.15) is 17.3 Å². The molecule has 0 bridgehead atoms. The molecular formula is C29H24FO3P. The van der Waals surface area contributed by atoms with Crippen molar-refractivity contribution in [2.75, 3.05) is 6.61 Å². The number of carbonyl (C=O) groups excluding carboxylic acids is 2. The number of Topliss-reactive ketones (excluding diaryl/α,β-unsaturated/α-hetero) is 1. The van der Waals surface area contributed by atoms with Crippen molar-refractivity contribution in [3.05, 3.63) is 127 Å². The van der Waals surface area contributed by atoms with E-state index in [0.29, 0.717) is 0 Å². The van der Waals surface area contributed by atoms with Crippen LogP contribution in [0.4, 0.5) is 4.39 Å². The Morgan fingerprint density at radius 3 is 1.59 bits per heavy atom. The standard InChI is InChI=1S/C29H24FO3P/c1-2-33-29(32)28(27(31)22-13-12-14-23(30)21-22)34(24-15-6-3-7-16-24,25-17-8-4-9-18-25)26-19-10-5-11-20-26/h3-21H,2H2,1H3. The van der Waals surface area contributed by atoms with Crippen molar-refractivity contribution < 1.29 is 18.7 Å². The number of ether oxygens (including phenoxy) is 1. The van der Waals surface area contributed by atoms with E-state index in [-0.39, 0.29) is 17.5 Å². The van der Waals surface area contributed by atoms with E-state index in [0.717, 1.165) is 22.0 Å². The van der Waals surface area contributed by atoms with Gasteiger partial charge in [0.2, 0.25) is 5.78 Å². The normalized spacial score (nSPS) is 11.0. The smallest absolute Gasteiger partial charge is 0.343 e. The number of benzene rings is 4. The highest BCUT2D eigenvalue weighted by atomic mass is 31.2. The lowest BCUT2D eigenvalue weighted by molar-refractivity contribution is -0.134. The second-order valence-corrected chi connectivity index (χ2v) is 10.9. The van der Waals surface area contributed by atoms with E-state index < -0.39 is 24.5 Å². The molecule has 0 saturated carbocycles. The molecule has 0 aliphatic carbocycles. The van der Waals surface area contributed by atoms with Gasteiger partial charge in [-0.3, -0.25) is 4.79 Å². The van der Waals surface area contributed by atoms with Gasteiger partial charge >= 0.3 is 5.97 Å². The van der Waals surface area contributed by atoms with E-state index in [2.05, 4.69) is 0 Å². The van der Waals surface area contributed by atoms with E-state index in [1.165, 1.54) is 18.2 Å². The number of rotatable bonds is 7. The maximum absolute atomic E-state index is 14.1. The summed E-state index contributed by atoms with van der Waals surface area (Å²) in [6.45, 7) is -1.20. The Balaban J connectivity index is 2.26. The summed E-state index contributed by atoms with van der Waals surface area (Å²) < 4.78 is 19.6. The summed E-state index contributed by atoms with van der Waals surface area (Å²) in [6, 6.07) is 34.1. The molecule has 0 spiro atoms. The Morgan fingerprint density at radius 1 is 0.706 bits per heavy atom. The molecule has 0 aliphatic heterocycles. The third-order valence-electron chi connectivity index (χ3n) is 5.54. The van der Waals surface area contributed by atoms with Gasteiger partial charge in [0.1, 0.15) is 11.1 Å². The molecule has 4 aromatic carbocycles. The summed E-state index contributed by atoms with van der Waals surface area (Å²) in [5.41, 5.74) is 0.107. The third kappa shape index (κ3) is 4.37. The first kappa shape index (κ1) is 23.4. The molecule has 0 fully saturated rings. The molecule has 34 heavy (non-hydrogen) atoms. The van der Waals surface area contributed by atoms with Crippen LogP contribution >= 0.6 is 6.89 Å². The van der Waals surface area contributed by atoms with Gasteiger partial charge in [0.25, 0.3) is 0 Å². The summed E-state index contributed by atoms with van der Waals surface area (Å²) in [5, 5.41) is 2.52. The molecule has 0 unspecified atom stereocenters. The maximum atomic E-state index is 14.1. The van der Waals surface area contributed by atoms with Crippen LogP contribution in [0.15, 0.2) is 115 Å². The van der Waals surface area contributed by atoms with Crippen molar-refractivity contribution in [2.45, 2.75) is 6.92 Å². The van der Waals surface area contributed by atoms with Crippen LogP contribution in [0, 0.1) is 5.82 Å². The Kier molecular flexibility index (Phi) is 7.20. The molecule has 0 heterocycles. The topological polar surface area (TPSA) is 43.4 Å². The fraction of sp³-hybridized carbons (Fsp3) is 0.0690. The van der Waals surface area contributed by atoms with E-state index in [1.54, 1.807) is 6.92 Å². The zero-order valence-corrected chi connectivity index (χ0v) is 19.6. The van der Waals surface area contributed by atoms with Gasteiger partial charge < -0.3 is 4.74 Å². The fourth-order valence-corrected chi connectivity index (χ4v) is 8.44. The first-order chi connectivity index (χ1) is 16.6. The molecule has 170 valence electrons. The van der Waals surface area contributed by atoms with Crippen LogP contribution in [0.25, 0.3) is 0 Å². The Labute approximate surface area is 198 Å². The number of carbonyl (C=O) groups is 2. The van der Waals surface area contributed by atoms with E-state index in [1.807, 2.05) is 91.0 Å². The van der Waals surface area contributed by atoms with Crippen LogP contribution in [0.2, 0.25) is 0 Å². The van der Waals surface area contributed by atoms with Crippen molar-refractivity contribution >= 4 is 39.8 Å². The van der Waals surface area contributed by atoms with Gasteiger partial charge in [-0.2, -0.15) is 0 Å². The first-order valence-corrected chi connectivity index (χ1v) is 12.8. The monoisotopic (exact) mass is 470 g/mol. The molecule has 0 radical (unpaired) electrons. The number of halogens is 1. The second-order valence-electron chi connectivity index (χ2n) is 7.59. The van der Waals surface area contributed by atoms with Gasteiger partial charge in [0.15, 0.2) is 0 Å². The Morgan fingerprint density at radius 2 is 1.18 bits per heavy atom. The van der Waals surface area contributed by atoms with Crippen molar-refractivity contribution in [3.63, 3.8) is 0 Å². The average Bonchev–Trinajstić information content (AvgIpc) is 2.88. The van der Waals surface area contributed by atoms with Crippen LogP contribution in [0.3, 0.4) is 0 Å². The molecule has 0 amide bonds. The summed E-state index contributed by atoms with van der Waals surface area (Å²) in [5.74, 6) is -1.78. The molecule has 4 aromatic rings. The van der Waals surface area contributed by atoms with Gasteiger partial charge in [0.05, 0.1) is 6.61 Å². The lowest BCUT2D eigenvalue weighted by Crippen LogP contribution is -2.38. The largest absolute Gasteiger partial charge is 0.462 e. The minimum absolute atomic E-state index is 0.0172. The van der Waals surface area contributed by atoms with Crippen molar-refractivity contribution in [1.82, 2.24) is 0 Å². The first-order valence-electron chi connectivity index (χ1n) is 11.0. The van der Waals surface area contributed by atoms with Gasteiger partial charge in [0, 0.05) is 5.56 Å². The highest BCUT2D eigenvalue weighted by Crippen LogP contribution is 2.47. The summed E-state index contributed by atoms with van der Waals surface area (Å²) >= 11 is 0. The summed E-state index contributed by atoms with van der Waals surface area (Å²) in [7, 11) is 0. The van der Waals surface area contributed by atoms with Crippen LogP contribution in [0.5, 0.6) is 0 Å². The highest BCUT2D eigenvalue weighted by molar-refractivity contribution is 7.97. The van der Waals surface area contributed by atoms with Gasteiger partial charge in [-0.25, -0.2) is 9.18 Å². The third-order valence-corrected chi connectivity index (χ3v) is 9.81. The minimum atomic E-state index is -3.02. The molecule has 4 rings (SSSR count). The Hall–Kier alpha value is -3.75. The summed E-state index contributed by atoms with van der Waals surface area (Å²) in [4.78, 5) is 27.8. The van der Waals surface area contributed by atoms with E-state index in [9.17, 15) is 14.0 Å². The molecule has 0 aliphatic rings. The number of hydrogen-bond acceptors (Lipinski definition) is 3. The Bertz CT molecular complexity index is 1250. The van der Waals surface area contributed by atoms with Crippen LogP contribution in [-0.4, -0.2) is 23.7 Å². The van der Waals surface area contributed by atoms with E-state index >= 15 is 0 Å². The zero-order chi connectivity index (χ0) is 24.0. The van der Waals surface area contributed by atoms with Gasteiger partial charge in [-0.05, 0) is 41.9 Å². The predicted octanol–water partition coefficient (Wildman–Crippen LogP) is 4.74. The summed E-state index contributed by atoms with van der Waals surface area (Å²) in [6.07, 6.45) is 0. The minimum Gasteiger partial charge on any atom is -0.462 e. The number of ketones is 1. The SMILES string of the molecule is CCOC(=O)C(C(=O)c1cccc(F)c1)=P(c1ccccc1)(c1ccccc1)c1ccccc1. The quantitative estimate of drug-likeness (QED) is 0.170. The maximum Gasteiger partial charge on any atom is 0.343 e. The lowest BCUT2D eigenvalue weighted by Gasteiger charge is -2.31. The van der Waals surface area contributed by atoms with Crippen molar-refractivity contribution in [2.24, 2.45) is 0 Å². The lowest BCUT2D eigenvalue weighted by atomic mass is 10.1. The molecule has 3 nitrogen and oxygen atoms in total. The molecule has 0 aromatic heterocycles. The number of esters is 1. The average molecular weight is 470 g/mol. The molecular weight excluding hydrogens is 446 g/mol. The highest BCUT2D eigenvalue weighted by Gasteiger charge is 2.38. The fourth-order valence-electron chi connectivity index (χ4n) is 4.14. The number of hydrogen-bond donors (Lipinski definition) is 0. The van der Waals surface area contributed by atoms with Crippen LogP contribution in [-0.2, 0) is 9.53 Å². The second kappa shape index (κ2) is 10.5. The zero-order valence-electron chi connectivity index (χ0n) is 18.7. The van der Waals surface area contributed by atoms with Crippen LogP contribution < -0.4 is 15.9 Å². The predicted molar refractivity (Wildman–Crippen MR) is 138 cm³/mol. The van der Waals surface area contributed by atoms with Crippen molar-refractivity contribution in [3.8, 4) is 0 Å². The molecule has 5 heteroatoms. The van der Waals surface area contributed by atoms with Crippen molar-refractivity contribution in [1.29, 1.82) is 0 Å². The molecule has 0 saturated heterocycles. The molecule has 0 atom stereocenters. The van der Waals surface area contributed by atoms with Gasteiger partial charge in [-0.15, -0.1) is 0 Å². The molecule has 0 N–H and O–H groups in total.